The Hall–Kier alpha value is -2.54. The molecule has 0 amide bonds. The first-order valence-electron chi connectivity index (χ1n) is 5.92. The van der Waals surface area contributed by atoms with Gasteiger partial charge in [-0.2, -0.15) is 0 Å². The second-order valence-corrected chi connectivity index (χ2v) is 5.85. The number of aromatic carboxylic acids is 1. The lowest BCUT2D eigenvalue weighted by atomic mass is 10.2. The van der Waals surface area contributed by atoms with Gasteiger partial charge in [0.2, 0.25) is 0 Å². The second kappa shape index (κ2) is 5.84. The lowest BCUT2D eigenvalue weighted by Crippen LogP contribution is -2.13. The number of benzene rings is 2. The Bertz CT molecular complexity index is 753. The smallest absolute Gasteiger partial charge is 0.335 e. The van der Waals surface area contributed by atoms with Crippen molar-refractivity contribution in [2.75, 3.05) is 11.8 Å². The van der Waals surface area contributed by atoms with Crippen LogP contribution in [0.3, 0.4) is 0 Å². The lowest BCUT2D eigenvalue weighted by molar-refractivity contribution is 0.0697. The van der Waals surface area contributed by atoms with Gasteiger partial charge in [-0.15, -0.1) is 0 Å². The molecule has 0 unspecified atom stereocenters. The average Bonchev–Trinajstić information content (AvgIpc) is 2.47. The zero-order chi connectivity index (χ0) is 15.5. The number of methoxy groups -OCH3 is 1. The van der Waals surface area contributed by atoms with Crippen LogP contribution in [0.25, 0.3) is 0 Å². The molecule has 0 radical (unpaired) electrons. The molecule has 6 nitrogen and oxygen atoms in total. The molecule has 2 aromatic rings. The Morgan fingerprint density at radius 2 is 1.81 bits per heavy atom. The molecule has 0 saturated heterocycles. The first-order valence-corrected chi connectivity index (χ1v) is 7.41. The third-order valence-corrected chi connectivity index (χ3v) is 4.13. The summed E-state index contributed by atoms with van der Waals surface area (Å²) in [6.07, 6.45) is 0. The van der Waals surface area contributed by atoms with E-state index in [1.54, 1.807) is 0 Å². The van der Waals surface area contributed by atoms with E-state index < -0.39 is 16.0 Å². The van der Waals surface area contributed by atoms with Crippen molar-refractivity contribution in [2.24, 2.45) is 0 Å². The van der Waals surface area contributed by atoms with E-state index >= 15 is 0 Å². The number of rotatable bonds is 5. The van der Waals surface area contributed by atoms with E-state index in [1.807, 2.05) is 0 Å². The summed E-state index contributed by atoms with van der Waals surface area (Å²) in [6.45, 7) is 0. The molecule has 0 aliphatic heterocycles. The number of carboxylic acid groups (broad SMARTS) is 1. The molecule has 0 aliphatic carbocycles. The topological polar surface area (TPSA) is 92.7 Å². The zero-order valence-electron chi connectivity index (χ0n) is 11.1. The Balaban J connectivity index is 2.28. The maximum Gasteiger partial charge on any atom is 0.335 e. The van der Waals surface area contributed by atoms with Gasteiger partial charge in [-0.1, -0.05) is 6.07 Å². The number of sulfonamides is 1. The van der Waals surface area contributed by atoms with Crippen molar-refractivity contribution in [1.82, 2.24) is 0 Å². The number of ether oxygens (including phenoxy) is 1. The maximum absolute atomic E-state index is 12.2. The fraction of sp³-hybridized carbons (Fsp3) is 0.0714. The van der Waals surface area contributed by atoms with E-state index in [1.165, 1.54) is 55.6 Å². The van der Waals surface area contributed by atoms with Gasteiger partial charge >= 0.3 is 5.97 Å². The number of anilines is 1. The Labute approximate surface area is 122 Å². The van der Waals surface area contributed by atoms with Crippen molar-refractivity contribution < 1.29 is 23.1 Å². The molecule has 110 valence electrons. The van der Waals surface area contributed by atoms with Crippen molar-refractivity contribution in [2.45, 2.75) is 4.90 Å². The monoisotopic (exact) mass is 307 g/mol. The summed E-state index contributed by atoms with van der Waals surface area (Å²) in [4.78, 5) is 10.9. The van der Waals surface area contributed by atoms with Crippen LogP contribution in [0.2, 0.25) is 0 Å². The second-order valence-electron chi connectivity index (χ2n) is 4.17. The molecular weight excluding hydrogens is 294 g/mol. The lowest BCUT2D eigenvalue weighted by Gasteiger charge is -2.09. The fourth-order valence-corrected chi connectivity index (χ4v) is 2.73. The van der Waals surface area contributed by atoms with Crippen LogP contribution in [-0.2, 0) is 10.0 Å². The maximum atomic E-state index is 12.2. The minimum Gasteiger partial charge on any atom is -0.497 e. The number of hydrogen-bond acceptors (Lipinski definition) is 4. The summed E-state index contributed by atoms with van der Waals surface area (Å²) in [7, 11) is -2.29. The van der Waals surface area contributed by atoms with Gasteiger partial charge in [0.25, 0.3) is 10.0 Å². The van der Waals surface area contributed by atoms with Gasteiger partial charge in [-0.05, 0) is 42.5 Å². The van der Waals surface area contributed by atoms with Crippen LogP contribution in [0.5, 0.6) is 5.75 Å². The summed E-state index contributed by atoms with van der Waals surface area (Å²) in [6, 6.07) is 11.5. The van der Waals surface area contributed by atoms with Gasteiger partial charge < -0.3 is 9.84 Å². The number of hydrogen-bond donors (Lipinski definition) is 2. The van der Waals surface area contributed by atoms with Crippen LogP contribution in [-0.4, -0.2) is 26.6 Å². The van der Waals surface area contributed by atoms with E-state index in [9.17, 15) is 13.2 Å². The first kappa shape index (κ1) is 14.9. The molecule has 2 N–H and O–H groups in total. The first-order chi connectivity index (χ1) is 9.92. The van der Waals surface area contributed by atoms with Gasteiger partial charge in [0.15, 0.2) is 0 Å². The van der Waals surface area contributed by atoms with E-state index in [4.69, 9.17) is 9.84 Å². The van der Waals surface area contributed by atoms with Crippen LogP contribution in [0, 0.1) is 0 Å². The molecule has 0 fully saturated rings. The van der Waals surface area contributed by atoms with Crippen LogP contribution in [0.15, 0.2) is 53.4 Å². The summed E-state index contributed by atoms with van der Waals surface area (Å²) in [5.74, 6) is -0.581. The molecule has 0 atom stereocenters. The number of carbonyl (C=O) groups is 1. The summed E-state index contributed by atoms with van der Waals surface area (Å²) in [5, 5.41) is 8.89. The molecule has 2 rings (SSSR count). The summed E-state index contributed by atoms with van der Waals surface area (Å²) in [5.41, 5.74) is 0.190. The minimum absolute atomic E-state index is 0.00457. The molecule has 7 heteroatoms. The Morgan fingerprint density at radius 1 is 1.14 bits per heavy atom. The molecule has 21 heavy (non-hydrogen) atoms. The highest BCUT2D eigenvalue weighted by Gasteiger charge is 2.15. The van der Waals surface area contributed by atoms with Gasteiger partial charge in [-0.3, -0.25) is 4.72 Å². The average molecular weight is 307 g/mol. The highest BCUT2D eigenvalue weighted by Crippen LogP contribution is 2.19. The molecule has 0 saturated carbocycles. The number of carboxylic acids is 1. The minimum atomic E-state index is -3.78. The third-order valence-electron chi connectivity index (χ3n) is 2.73. The SMILES string of the molecule is COc1ccc(S(=O)(=O)Nc2cccc(C(=O)O)c2)cc1. The van der Waals surface area contributed by atoms with Crippen molar-refractivity contribution in [3.63, 3.8) is 0 Å². The van der Waals surface area contributed by atoms with Gasteiger partial charge in [-0.25, -0.2) is 13.2 Å². The van der Waals surface area contributed by atoms with Gasteiger partial charge in [0.1, 0.15) is 5.75 Å². The fourth-order valence-electron chi connectivity index (χ4n) is 1.68. The van der Waals surface area contributed by atoms with Gasteiger partial charge in [0.05, 0.1) is 17.6 Å². The molecule has 0 bridgehead atoms. The van der Waals surface area contributed by atoms with Crippen LogP contribution < -0.4 is 9.46 Å². The predicted octanol–water partition coefficient (Wildman–Crippen LogP) is 2.19. The Morgan fingerprint density at radius 3 is 2.38 bits per heavy atom. The molecule has 2 aromatic carbocycles. The summed E-state index contributed by atoms with van der Waals surface area (Å²) >= 11 is 0. The highest BCUT2D eigenvalue weighted by molar-refractivity contribution is 7.92. The van der Waals surface area contributed by atoms with E-state index in [0.29, 0.717) is 5.75 Å². The molecule has 0 heterocycles. The molecule has 0 aliphatic rings. The van der Waals surface area contributed by atoms with Crippen molar-refractivity contribution in [1.29, 1.82) is 0 Å². The molecular formula is C14H13NO5S. The normalized spacial score (nSPS) is 10.9. The van der Waals surface area contributed by atoms with Crippen LogP contribution in [0.4, 0.5) is 5.69 Å². The third kappa shape index (κ3) is 3.51. The van der Waals surface area contributed by atoms with Crippen LogP contribution >= 0.6 is 0 Å². The predicted molar refractivity (Wildman–Crippen MR) is 77.2 cm³/mol. The summed E-state index contributed by atoms with van der Waals surface area (Å²) < 4.78 is 31.7. The highest BCUT2D eigenvalue weighted by atomic mass is 32.2. The van der Waals surface area contributed by atoms with Crippen LogP contribution in [0.1, 0.15) is 10.4 Å². The van der Waals surface area contributed by atoms with Gasteiger partial charge in [0, 0.05) is 5.69 Å². The van der Waals surface area contributed by atoms with E-state index in [0.717, 1.165) is 0 Å². The molecule has 0 spiro atoms. The number of nitrogens with one attached hydrogen (secondary N) is 1. The Kier molecular flexibility index (Phi) is 4.13. The van der Waals surface area contributed by atoms with E-state index in [-0.39, 0.29) is 16.1 Å². The zero-order valence-corrected chi connectivity index (χ0v) is 11.9. The molecule has 0 aromatic heterocycles. The van der Waals surface area contributed by atoms with Crippen molar-refractivity contribution in [3.8, 4) is 5.75 Å². The van der Waals surface area contributed by atoms with E-state index in [2.05, 4.69) is 4.72 Å². The largest absolute Gasteiger partial charge is 0.497 e. The quantitative estimate of drug-likeness (QED) is 0.883. The van der Waals surface area contributed by atoms with Crippen molar-refractivity contribution >= 4 is 21.7 Å². The standard InChI is InChI=1S/C14H13NO5S/c1-20-12-5-7-13(8-6-12)21(18,19)15-11-4-2-3-10(9-11)14(16)17/h2-9,15H,1H3,(H,16,17). The van der Waals surface area contributed by atoms with Crippen molar-refractivity contribution in [3.05, 3.63) is 54.1 Å².